The molecule has 2 rings (SSSR count). The smallest absolute Gasteiger partial charge is 0.215 e. The van der Waals surface area contributed by atoms with Gasteiger partial charge >= 0.3 is 0 Å². The lowest BCUT2D eigenvalue weighted by Crippen LogP contribution is -2.45. The van der Waals surface area contributed by atoms with Crippen molar-refractivity contribution in [1.29, 1.82) is 0 Å². The van der Waals surface area contributed by atoms with Crippen molar-refractivity contribution in [2.75, 3.05) is 25.4 Å². The first-order valence-electron chi connectivity index (χ1n) is 6.60. The molecule has 0 aromatic heterocycles. The summed E-state index contributed by atoms with van der Waals surface area (Å²) in [6, 6.07) is 0.176. The van der Waals surface area contributed by atoms with Crippen molar-refractivity contribution in [2.24, 2.45) is 5.41 Å². The molecule has 0 aliphatic carbocycles. The van der Waals surface area contributed by atoms with Crippen molar-refractivity contribution in [3.8, 4) is 0 Å². The van der Waals surface area contributed by atoms with Gasteiger partial charge in [-0.15, -0.1) is 0 Å². The molecular weight excluding hydrogens is 236 g/mol. The number of rotatable bonds is 3. The third kappa shape index (κ3) is 3.42. The Labute approximate surface area is 105 Å². The van der Waals surface area contributed by atoms with Gasteiger partial charge in [0.15, 0.2) is 0 Å². The summed E-state index contributed by atoms with van der Waals surface area (Å²) in [5.41, 5.74) is 0.303. The third-order valence-electron chi connectivity index (χ3n) is 4.04. The molecule has 4 nitrogen and oxygen atoms in total. The predicted octanol–water partition coefficient (Wildman–Crippen LogP) is 1.19. The van der Waals surface area contributed by atoms with Gasteiger partial charge in [0.05, 0.1) is 5.75 Å². The minimum absolute atomic E-state index is 0.176. The standard InChI is InChI=1S/C12H24N2O2S/c1-12(2)5-8-14(9-6-12)17(15,16)10-11-4-3-7-13-11/h11,13H,3-10H2,1-2H3. The first kappa shape index (κ1) is 13.3. The van der Waals surface area contributed by atoms with Crippen LogP contribution in [0.5, 0.6) is 0 Å². The quantitative estimate of drug-likeness (QED) is 0.829. The first-order valence-corrected chi connectivity index (χ1v) is 8.21. The van der Waals surface area contributed by atoms with Crippen LogP contribution >= 0.6 is 0 Å². The number of piperidine rings is 1. The van der Waals surface area contributed by atoms with Crippen molar-refractivity contribution in [1.82, 2.24) is 9.62 Å². The average molecular weight is 260 g/mol. The Morgan fingerprint density at radius 1 is 1.29 bits per heavy atom. The SMILES string of the molecule is CC1(C)CCN(S(=O)(=O)CC2CCCN2)CC1. The van der Waals surface area contributed by atoms with Crippen LogP contribution in [0.2, 0.25) is 0 Å². The highest BCUT2D eigenvalue weighted by atomic mass is 32.2. The lowest BCUT2D eigenvalue weighted by Gasteiger charge is -2.36. The zero-order valence-electron chi connectivity index (χ0n) is 10.9. The van der Waals surface area contributed by atoms with Crippen molar-refractivity contribution >= 4 is 10.0 Å². The first-order chi connectivity index (χ1) is 7.89. The maximum absolute atomic E-state index is 12.2. The normalized spacial score (nSPS) is 30.6. The molecule has 0 aromatic rings. The highest BCUT2D eigenvalue weighted by molar-refractivity contribution is 7.89. The zero-order chi connectivity index (χ0) is 12.5. The maximum atomic E-state index is 12.2. The molecule has 100 valence electrons. The molecule has 5 heteroatoms. The van der Waals surface area contributed by atoms with E-state index < -0.39 is 10.0 Å². The van der Waals surface area contributed by atoms with Crippen LogP contribution in [0.3, 0.4) is 0 Å². The summed E-state index contributed by atoms with van der Waals surface area (Å²) in [7, 11) is -3.05. The number of nitrogens with one attached hydrogen (secondary N) is 1. The van der Waals surface area contributed by atoms with Crippen molar-refractivity contribution < 1.29 is 8.42 Å². The Bertz CT molecular complexity index is 349. The van der Waals surface area contributed by atoms with Crippen LogP contribution in [0.15, 0.2) is 0 Å². The summed E-state index contributed by atoms with van der Waals surface area (Å²) < 4.78 is 26.2. The van der Waals surface area contributed by atoms with Gasteiger partial charge in [0, 0.05) is 19.1 Å². The Morgan fingerprint density at radius 2 is 1.94 bits per heavy atom. The van der Waals surface area contributed by atoms with Crippen LogP contribution in [0.1, 0.15) is 39.5 Å². The van der Waals surface area contributed by atoms with Gasteiger partial charge in [-0.1, -0.05) is 13.8 Å². The van der Waals surface area contributed by atoms with Gasteiger partial charge in [-0.2, -0.15) is 0 Å². The topological polar surface area (TPSA) is 49.4 Å². The molecule has 2 fully saturated rings. The van der Waals surface area contributed by atoms with Gasteiger partial charge in [-0.25, -0.2) is 12.7 Å². The van der Waals surface area contributed by atoms with Crippen molar-refractivity contribution in [3.05, 3.63) is 0 Å². The van der Waals surface area contributed by atoms with Crippen molar-refractivity contribution in [3.63, 3.8) is 0 Å². The molecule has 17 heavy (non-hydrogen) atoms. The summed E-state index contributed by atoms with van der Waals surface area (Å²) in [5.74, 6) is 0.285. The number of nitrogens with zero attached hydrogens (tertiary/aromatic N) is 1. The number of sulfonamides is 1. The van der Waals surface area contributed by atoms with Crippen molar-refractivity contribution in [2.45, 2.75) is 45.6 Å². The molecule has 1 N–H and O–H groups in total. The Kier molecular flexibility index (Phi) is 3.80. The molecule has 2 heterocycles. The van der Waals surface area contributed by atoms with Gasteiger partial charge in [-0.3, -0.25) is 0 Å². The summed E-state index contributed by atoms with van der Waals surface area (Å²) in [5, 5.41) is 3.26. The van der Waals surface area contributed by atoms with Gasteiger partial charge in [-0.05, 0) is 37.6 Å². The van der Waals surface area contributed by atoms with E-state index in [4.69, 9.17) is 0 Å². The van der Waals surface area contributed by atoms with E-state index in [2.05, 4.69) is 19.2 Å². The Hall–Kier alpha value is -0.130. The second-order valence-electron chi connectivity index (χ2n) is 6.14. The molecule has 0 aromatic carbocycles. The lowest BCUT2D eigenvalue weighted by molar-refractivity contribution is 0.195. The van der Waals surface area contributed by atoms with Gasteiger partial charge in [0.1, 0.15) is 0 Å². The Morgan fingerprint density at radius 3 is 2.47 bits per heavy atom. The lowest BCUT2D eigenvalue weighted by atomic mass is 9.83. The molecule has 0 amide bonds. The molecule has 2 aliphatic rings. The van der Waals surface area contributed by atoms with E-state index >= 15 is 0 Å². The minimum Gasteiger partial charge on any atom is -0.313 e. The highest BCUT2D eigenvalue weighted by Crippen LogP contribution is 2.31. The van der Waals surface area contributed by atoms with Crippen LogP contribution < -0.4 is 5.32 Å². The number of hydrogen-bond donors (Lipinski definition) is 1. The van der Waals surface area contributed by atoms with E-state index in [1.54, 1.807) is 4.31 Å². The monoisotopic (exact) mass is 260 g/mol. The second kappa shape index (κ2) is 4.86. The largest absolute Gasteiger partial charge is 0.313 e. The number of hydrogen-bond acceptors (Lipinski definition) is 3. The second-order valence-corrected chi connectivity index (χ2v) is 8.15. The van der Waals surface area contributed by atoms with Gasteiger partial charge < -0.3 is 5.32 Å². The van der Waals surface area contributed by atoms with E-state index in [1.807, 2.05) is 0 Å². The fraction of sp³-hybridized carbons (Fsp3) is 1.00. The molecule has 0 saturated carbocycles. The van der Waals surface area contributed by atoms with E-state index in [-0.39, 0.29) is 11.8 Å². The van der Waals surface area contributed by atoms with Crippen LogP contribution in [-0.4, -0.2) is 44.2 Å². The third-order valence-corrected chi connectivity index (χ3v) is 6.02. The minimum atomic E-state index is -3.05. The molecule has 1 atom stereocenters. The summed E-state index contributed by atoms with van der Waals surface area (Å²) in [4.78, 5) is 0. The van der Waals surface area contributed by atoms with Gasteiger partial charge in [0.25, 0.3) is 0 Å². The summed E-state index contributed by atoms with van der Waals surface area (Å²) in [6.45, 7) is 6.79. The van der Waals surface area contributed by atoms with Gasteiger partial charge in [0.2, 0.25) is 10.0 Å². The predicted molar refractivity (Wildman–Crippen MR) is 69.4 cm³/mol. The molecule has 2 aliphatic heterocycles. The van der Waals surface area contributed by atoms with Crippen LogP contribution in [0.25, 0.3) is 0 Å². The fourth-order valence-corrected chi connectivity index (χ4v) is 4.37. The summed E-state index contributed by atoms with van der Waals surface area (Å²) in [6.07, 6.45) is 4.06. The van der Waals surface area contributed by atoms with Crippen LogP contribution in [0.4, 0.5) is 0 Å². The summed E-state index contributed by atoms with van der Waals surface area (Å²) >= 11 is 0. The highest BCUT2D eigenvalue weighted by Gasteiger charge is 2.33. The van der Waals surface area contributed by atoms with E-state index in [9.17, 15) is 8.42 Å². The zero-order valence-corrected chi connectivity index (χ0v) is 11.7. The fourth-order valence-electron chi connectivity index (χ4n) is 2.63. The molecule has 0 bridgehead atoms. The van der Waals surface area contributed by atoms with Crippen LogP contribution in [-0.2, 0) is 10.0 Å². The average Bonchev–Trinajstić information content (AvgIpc) is 2.68. The van der Waals surface area contributed by atoms with E-state index in [0.29, 0.717) is 18.5 Å². The maximum Gasteiger partial charge on any atom is 0.215 e. The van der Waals surface area contributed by atoms with Crippen LogP contribution in [0, 0.1) is 5.41 Å². The molecule has 0 radical (unpaired) electrons. The van der Waals surface area contributed by atoms with E-state index in [0.717, 1.165) is 32.2 Å². The Balaban J connectivity index is 1.92. The molecular formula is C12H24N2O2S. The molecule has 0 spiro atoms. The van der Waals surface area contributed by atoms with E-state index in [1.165, 1.54) is 0 Å². The molecule has 2 saturated heterocycles. The molecule has 1 unspecified atom stereocenters.